The first-order chi connectivity index (χ1) is 8.84. The first-order valence-corrected chi connectivity index (χ1v) is 6.36. The minimum absolute atomic E-state index is 0.136. The van der Waals surface area contributed by atoms with Crippen LogP contribution < -0.4 is 4.74 Å². The van der Waals surface area contributed by atoms with Gasteiger partial charge in [-0.25, -0.2) is 0 Å². The molecule has 18 heavy (non-hydrogen) atoms. The fourth-order valence-electron chi connectivity index (χ4n) is 2.43. The highest BCUT2D eigenvalue weighted by molar-refractivity contribution is 6.01. The predicted molar refractivity (Wildman–Crippen MR) is 64.9 cm³/mol. The van der Waals surface area contributed by atoms with E-state index in [1.54, 1.807) is 0 Å². The van der Waals surface area contributed by atoms with Crippen LogP contribution in [0.15, 0.2) is 18.2 Å². The molecule has 96 valence electrons. The third-order valence-electron chi connectivity index (χ3n) is 3.34. The summed E-state index contributed by atoms with van der Waals surface area (Å²) in [5, 5.41) is 0. The lowest BCUT2D eigenvalue weighted by molar-refractivity contribution is -0.0531. The molecule has 1 heterocycles. The Kier molecular flexibility index (Phi) is 3.30. The molecule has 3 rings (SSSR count). The van der Waals surface area contributed by atoms with Crippen LogP contribution in [-0.4, -0.2) is 31.9 Å². The number of hydrogen-bond donors (Lipinski definition) is 0. The Labute approximate surface area is 106 Å². The molecule has 0 aromatic heterocycles. The normalized spacial score (nSPS) is 19.2. The Morgan fingerprint density at radius 2 is 2.06 bits per heavy atom. The molecule has 0 bridgehead atoms. The van der Waals surface area contributed by atoms with E-state index in [0.29, 0.717) is 26.2 Å². The zero-order valence-corrected chi connectivity index (χ0v) is 10.2. The quantitative estimate of drug-likeness (QED) is 0.817. The minimum atomic E-state index is -0.136. The molecular formula is C14H16O4. The number of rotatable bonds is 4. The molecule has 4 nitrogen and oxygen atoms in total. The van der Waals surface area contributed by atoms with E-state index in [-0.39, 0.29) is 12.1 Å². The molecule has 4 heteroatoms. The van der Waals surface area contributed by atoms with E-state index in [1.165, 1.54) is 0 Å². The smallest absolute Gasteiger partial charge is 0.163 e. The Bertz CT molecular complexity index is 449. The number of Topliss-reactive ketones (excluding diaryl/α,β-unsaturated/α-hetero) is 1. The van der Waals surface area contributed by atoms with Crippen LogP contribution >= 0.6 is 0 Å². The zero-order valence-electron chi connectivity index (χ0n) is 10.2. The van der Waals surface area contributed by atoms with Crippen molar-refractivity contribution < 1.29 is 19.0 Å². The van der Waals surface area contributed by atoms with Crippen molar-refractivity contribution in [2.75, 3.05) is 19.8 Å². The van der Waals surface area contributed by atoms with E-state index in [1.807, 2.05) is 18.2 Å². The minimum Gasteiger partial charge on any atom is -0.493 e. The Morgan fingerprint density at radius 3 is 2.89 bits per heavy atom. The molecule has 2 aliphatic rings. The van der Waals surface area contributed by atoms with Gasteiger partial charge in [-0.15, -0.1) is 0 Å². The van der Waals surface area contributed by atoms with Gasteiger partial charge in [-0.05, 0) is 12.5 Å². The third kappa shape index (κ3) is 2.26. The third-order valence-corrected chi connectivity index (χ3v) is 3.34. The maximum absolute atomic E-state index is 11.6. The summed E-state index contributed by atoms with van der Waals surface area (Å²) in [6, 6.07) is 5.68. The summed E-state index contributed by atoms with van der Waals surface area (Å²) in [5.74, 6) is 1.05. The summed E-state index contributed by atoms with van der Waals surface area (Å²) in [4.78, 5) is 11.6. The number of benzene rings is 1. The highest BCUT2D eigenvalue weighted by Crippen LogP contribution is 2.30. The second-order valence-corrected chi connectivity index (χ2v) is 4.51. The molecule has 0 radical (unpaired) electrons. The number of carbonyl (C=O) groups excluding carboxylic acids is 1. The van der Waals surface area contributed by atoms with Crippen LogP contribution in [0.4, 0.5) is 0 Å². The second kappa shape index (κ2) is 5.08. The number of ether oxygens (including phenoxy) is 3. The first-order valence-electron chi connectivity index (χ1n) is 6.36. The number of fused-ring (bicyclic) bond motifs is 1. The van der Waals surface area contributed by atoms with E-state index in [4.69, 9.17) is 14.2 Å². The molecule has 1 aliphatic carbocycles. The maximum Gasteiger partial charge on any atom is 0.163 e. The molecule has 1 saturated heterocycles. The standard InChI is InChI=1S/C14H16O4/c15-12-5-4-11-10(12)2-1-3-13(11)16-7-6-14-17-8-9-18-14/h1-3,14H,4-9H2. The molecule has 0 atom stereocenters. The van der Waals surface area contributed by atoms with Crippen molar-refractivity contribution in [3.8, 4) is 5.75 Å². The lowest BCUT2D eigenvalue weighted by Crippen LogP contribution is -2.13. The summed E-state index contributed by atoms with van der Waals surface area (Å²) in [5.41, 5.74) is 1.87. The van der Waals surface area contributed by atoms with Crippen LogP contribution in [-0.2, 0) is 15.9 Å². The van der Waals surface area contributed by atoms with Crippen molar-refractivity contribution in [3.05, 3.63) is 29.3 Å². The van der Waals surface area contributed by atoms with Gasteiger partial charge in [-0.1, -0.05) is 12.1 Å². The summed E-state index contributed by atoms with van der Waals surface area (Å²) in [6.45, 7) is 1.88. The number of hydrogen-bond acceptors (Lipinski definition) is 4. The van der Waals surface area contributed by atoms with Gasteiger partial charge in [0.25, 0.3) is 0 Å². The first kappa shape index (κ1) is 11.7. The molecule has 1 aromatic carbocycles. The van der Waals surface area contributed by atoms with Crippen molar-refractivity contribution >= 4 is 5.78 Å². The van der Waals surface area contributed by atoms with Crippen molar-refractivity contribution in [2.24, 2.45) is 0 Å². The Hall–Kier alpha value is -1.39. The molecule has 0 unspecified atom stereocenters. The van der Waals surface area contributed by atoms with E-state index >= 15 is 0 Å². The molecule has 0 amide bonds. The summed E-state index contributed by atoms with van der Waals surface area (Å²) >= 11 is 0. The van der Waals surface area contributed by atoms with Gasteiger partial charge in [0.1, 0.15) is 5.75 Å². The van der Waals surface area contributed by atoms with Crippen LogP contribution in [0.25, 0.3) is 0 Å². The van der Waals surface area contributed by atoms with Crippen LogP contribution in [0.1, 0.15) is 28.8 Å². The topological polar surface area (TPSA) is 44.8 Å². The SMILES string of the molecule is O=C1CCc2c(OCCC3OCCO3)cccc21. The lowest BCUT2D eigenvalue weighted by Gasteiger charge is -2.12. The van der Waals surface area contributed by atoms with Crippen LogP contribution in [0.5, 0.6) is 5.75 Å². The number of ketones is 1. The monoisotopic (exact) mass is 248 g/mol. The van der Waals surface area contributed by atoms with Gasteiger partial charge in [-0.3, -0.25) is 4.79 Å². The molecule has 1 aliphatic heterocycles. The van der Waals surface area contributed by atoms with Crippen LogP contribution in [0.3, 0.4) is 0 Å². The van der Waals surface area contributed by atoms with E-state index in [9.17, 15) is 4.79 Å². The average molecular weight is 248 g/mol. The Balaban J connectivity index is 1.61. The molecule has 1 fully saturated rings. The largest absolute Gasteiger partial charge is 0.493 e. The number of carbonyl (C=O) groups is 1. The van der Waals surface area contributed by atoms with Gasteiger partial charge in [-0.2, -0.15) is 0 Å². The van der Waals surface area contributed by atoms with Crippen molar-refractivity contribution in [3.63, 3.8) is 0 Å². The molecule has 0 spiro atoms. The van der Waals surface area contributed by atoms with Gasteiger partial charge >= 0.3 is 0 Å². The van der Waals surface area contributed by atoms with Gasteiger partial charge in [0, 0.05) is 24.0 Å². The fraction of sp³-hybridized carbons (Fsp3) is 0.500. The van der Waals surface area contributed by atoms with Gasteiger partial charge in [0.2, 0.25) is 0 Å². The summed E-state index contributed by atoms with van der Waals surface area (Å²) in [6.07, 6.45) is 1.98. The summed E-state index contributed by atoms with van der Waals surface area (Å²) < 4.78 is 16.4. The van der Waals surface area contributed by atoms with E-state index in [2.05, 4.69) is 0 Å². The highest BCUT2D eigenvalue weighted by Gasteiger charge is 2.23. The van der Waals surface area contributed by atoms with Gasteiger partial charge < -0.3 is 14.2 Å². The van der Waals surface area contributed by atoms with E-state index in [0.717, 1.165) is 29.7 Å². The predicted octanol–water partition coefficient (Wildman–Crippen LogP) is 1.96. The maximum atomic E-state index is 11.6. The van der Waals surface area contributed by atoms with Crippen molar-refractivity contribution in [1.29, 1.82) is 0 Å². The zero-order chi connectivity index (χ0) is 12.4. The molecule has 0 saturated carbocycles. The van der Waals surface area contributed by atoms with Crippen molar-refractivity contribution in [1.82, 2.24) is 0 Å². The molecule has 1 aromatic rings. The molecular weight excluding hydrogens is 232 g/mol. The van der Waals surface area contributed by atoms with Crippen LogP contribution in [0.2, 0.25) is 0 Å². The van der Waals surface area contributed by atoms with Gasteiger partial charge in [0.05, 0.1) is 19.8 Å². The summed E-state index contributed by atoms with van der Waals surface area (Å²) in [7, 11) is 0. The van der Waals surface area contributed by atoms with E-state index < -0.39 is 0 Å². The average Bonchev–Trinajstić information content (AvgIpc) is 3.01. The van der Waals surface area contributed by atoms with Crippen LogP contribution in [0, 0.1) is 0 Å². The van der Waals surface area contributed by atoms with Gasteiger partial charge in [0.15, 0.2) is 12.1 Å². The molecule has 0 N–H and O–H groups in total. The Morgan fingerprint density at radius 1 is 1.22 bits per heavy atom. The van der Waals surface area contributed by atoms with Crippen molar-refractivity contribution in [2.45, 2.75) is 25.6 Å². The lowest BCUT2D eigenvalue weighted by atomic mass is 10.1. The fourth-order valence-corrected chi connectivity index (χ4v) is 2.43. The second-order valence-electron chi connectivity index (χ2n) is 4.51. The highest BCUT2D eigenvalue weighted by atomic mass is 16.7.